The number of aromatic nitrogens is 2. The number of aryl methyl sites for hydroxylation is 1. The number of nitrogens with one attached hydrogen (secondary N) is 1. The molecule has 1 aromatic rings. The fourth-order valence-electron chi connectivity index (χ4n) is 3.14. The van der Waals surface area contributed by atoms with Crippen LogP contribution in [0.4, 0.5) is 0 Å². The number of hydrogen-bond donors (Lipinski definition) is 4. The number of carbonyl (C=O) groups excluding carboxylic acids is 1. The van der Waals surface area contributed by atoms with Crippen molar-refractivity contribution in [3.05, 3.63) is 32.6 Å². The molecule has 0 aromatic carbocycles. The summed E-state index contributed by atoms with van der Waals surface area (Å²) in [4.78, 5) is 57.5. The van der Waals surface area contributed by atoms with Crippen LogP contribution < -0.4 is 11.2 Å². The van der Waals surface area contributed by atoms with Crippen LogP contribution >= 0.6 is 7.60 Å². The largest absolute Gasteiger partial charge is 0.394 e. The molecule has 11 heteroatoms. The van der Waals surface area contributed by atoms with E-state index in [2.05, 4.69) is 0 Å². The van der Waals surface area contributed by atoms with Crippen LogP contribution in [-0.4, -0.2) is 48.4 Å². The van der Waals surface area contributed by atoms with E-state index in [1.165, 1.54) is 6.92 Å². The SMILES string of the molecule is Cc1cn(C(=O)C[C@H](CO)OC(C(C)C)(C(C)C)P(=O)(O)O)c(=O)[nH]c1=O. The van der Waals surface area contributed by atoms with Gasteiger partial charge in [-0.15, -0.1) is 0 Å². The predicted octanol–water partition coefficient (Wildman–Crippen LogP) is 0.439. The average molecular weight is 406 g/mol. The van der Waals surface area contributed by atoms with Crippen molar-refractivity contribution >= 4 is 13.5 Å². The van der Waals surface area contributed by atoms with Gasteiger partial charge in [-0.25, -0.2) is 9.36 Å². The molecule has 1 atom stereocenters. The molecule has 4 N–H and O–H groups in total. The molecule has 0 unspecified atom stereocenters. The van der Waals surface area contributed by atoms with Crippen LogP contribution in [-0.2, 0) is 9.30 Å². The first kappa shape index (κ1) is 23.5. The van der Waals surface area contributed by atoms with Crippen LogP contribution in [0.1, 0.15) is 44.5 Å². The van der Waals surface area contributed by atoms with E-state index in [-0.39, 0.29) is 5.56 Å². The van der Waals surface area contributed by atoms with E-state index in [1.54, 1.807) is 27.7 Å². The summed E-state index contributed by atoms with van der Waals surface area (Å²) < 4.78 is 18.5. The number of aromatic amines is 1. The highest BCUT2D eigenvalue weighted by atomic mass is 31.2. The van der Waals surface area contributed by atoms with Crippen molar-refractivity contribution in [3.63, 3.8) is 0 Å². The number of aliphatic hydroxyl groups excluding tert-OH is 1. The third-order valence-corrected chi connectivity index (χ3v) is 6.51. The van der Waals surface area contributed by atoms with Gasteiger partial charge < -0.3 is 19.6 Å². The Morgan fingerprint density at radius 1 is 1.26 bits per heavy atom. The monoisotopic (exact) mass is 406 g/mol. The van der Waals surface area contributed by atoms with Crippen molar-refractivity contribution < 1.29 is 29.0 Å². The van der Waals surface area contributed by atoms with Crippen LogP contribution in [0.25, 0.3) is 0 Å². The second-order valence-electron chi connectivity index (χ2n) is 7.07. The maximum Gasteiger partial charge on any atom is 0.357 e. The molecule has 0 aliphatic rings. The molecule has 0 spiro atoms. The first-order valence-corrected chi connectivity index (χ1v) is 10.1. The Labute approximate surface area is 156 Å². The third-order valence-electron chi connectivity index (χ3n) is 4.46. The Bertz CT molecular complexity index is 828. The summed E-state index contributed by atoms with van der Waals surface area (Å²) >= 11 is 0. The fraction of sp³-hybridized carbons (Fsp3) is 0.688. The minimum absolute atomic E-state index is 0.137. The van der Waals surface area contributed by atoms with Crippen LogP contribution in [0.15, 0.2) is 15.8 Å². The zero-order chi connectivity index (χ0) is 21.2. The molecular weight excluding hydrogens is 379 g/mol. The fourth-order valence-corrected chi connectivity index (χ4v) is 4.77. The molecule has 1 rings (SSSR count). The Morgan fingerprint density at radius 2 is 1.78 bits per heavy atom. The summed E-state index contributed by atoms with van der Waals surface area (Å²) in [5, 5.41) is 7.70. The first-order valence-electron chi connectivity index (χ1n) is 8.48. The molecule has 0 radical (unpaired) electrons. The van der Waals surface area contributed by atoms with Crippen molar-refractivity contribution in [1.29, 1.82) is 0 Å². The lowest BCUT2D eigenvalue weighted by atomic mass is 9.94. The second kappa shape index (κ2) is 8.62. The summed E-state index contributed by atoms with van der Waals surface area (Å²) in [6.07, 6.45) is -0.698. The summed E-state index contributed by atoms with van der Waals surface area (Å²) in [6, 6.07) is 0. The molecular formula is C16H27N2O8P. The van der Waals surface area contributed by atoms with Gasteiger partial charge >= 0.3 is 13.3 Å². The lowest BCUT2D eigenvalue weighted by molar-refractivity contribution is -0.118. The Hall–Kier alpha value is -1.58. The van der Waals surface area contributed by atoms with Crippen LogP contribution in [0.5, 0.6) is 0 Å². The highest BCUT2D eigenvalue weighted by Crippen LogP contribution is 2.59. The van der Waals surface area contributed by atoms with Crippen molar-refractivity contribution in [1.82, 2.24) is 9.55 Å². The molecule has 0 aliphatic heterocycles. The van der Waals surface area contributed by atoms with Gasteiger partial charge in [0.05, 0.1) is 19.1 Å². The van der Waals surface area contributed by atoms with E-state index in [0.29, 0.717) is 4.57 Å². The Morgan fingerprint density at radius 3 is 2.19 bits per heavy atom. The molecule has 0 amide bonds. The number of H-pyrrole nitrogens is 1. The lowest BCUT2D eigenvalue weighted by Crippen LogP contribution is -2.47. The van der Waals surface area contributed by atoms with Crippen molar-refractivity contribution in [2.24, 2.45) is 11.8 Å². The van der Waals surface area contributed by atoms with Gasteiger partial charge in [-0.2, -0.15) is 0 Å². The maximum absolute atomic E-state index is 12.4. The number of hydrogen-bond acceptors (Lipinski definition) is 6. The van der Waals surface area contributed by atoms with Gasteiger partial charge in [-0.1, -0.05) is 27.7 Å². The van der Waals surface area contributed by atoms with E-state index in [0.717, 1.165) is 6.20 Å². The quantitative estimate of drug-likeness (QED) is 0.453. The van der Waals surface area contributed by atoms with Crippen LogP contribution in [0.3, 0.4) is 0 Å². The standard InChI is InChI=1S/C16H27N2O8P/c1-9(2)16(10(3)4,27(23,24)25)26-12(8-19)6-13(20)18-7-11(5)14(21)17-15(18)22/h7,9-10,12,19H,6,8H2,1-5H3,(H,17,21,22)(H2,23,24,25)/t12-/m1/s1. The number of aliphatic hydroxyl groups is 1. The highest BCUT2D eigenvalue weighted by molar-refractivity contribution is 7.53. The van der Waals surface area contributed by atoms with Gasteiger partial charge in [-0.3, -0.25) is 19.1 Å². The molecule has 0 saturated carbocycles. The summed E-state index contributed by atoms with van der Waals surface area (Å²) in [7, 11) is -4.79. The van der Waals surface area contributed by atoms with Crippen molar-refractivity contribution in [2.75, 3.05) is 6.61 Å². The van der Waals surface area contributed by atoms with Gasteiger partial charge in [0, 0.05) is 11.8 Å². The van der Waals surface area contributed by atoms with Crippen LogP contribution in [0, 0.1) is 18.8 Å². The molecule has 154 valence electrons. The van der Waals surface area contributed by atoms with E-state index in [9.17, 15) is 33.8 Å². The first-order chi connectivity index (χ1) is 12.3. The van der Waals surface area contributed by atoms with Gasteiger partial charge in [0.15, 0.2) is 5.34 Å². The summed E-state index contributed by atoms with van der Waals surface area (Å²) in [5.74, 6) is -2.04. The lowest BCUT2D eigenvalue weighted by Gasteiger charge is -2.43. The summed E-state index contributed by atoms with van der Waals surface area (Å²) in [6.45, 7) is 7.02. The van der Waals surface area contributed by atoms with Gasteiger partial charge in [-0.05, 0) is 18.8 Å². The summed E-state index contributed by atoms with van der Waals surface area (Å²) in [5.41, 5.74) is -1.43. The van der Waals surface area contributed by atoms with E-state index >= 15 is 0 Å². The minimum Gasteiger partial charge on any atom is -0.394 e. The highest BCUT2D eigenvalue weighted by Gasteiger charge is 2.54. The molecule has 0 saturated heterocycles. The molecule has 1 aromatic heterocycles. The molecule has 1 heterocycles. The van der Waals surface area contributed by atoms with E-state index < -0.39 is 61.1 Å². The molecule has 0 fully saturated rings. The predicted molar refractivity (Wildman–Crippen MR) is 97.7 cm³/mol. The van der Waals surface area contributed by atoms with Gasteiger partial charge in [0.1, 0.15) is 0 Å². The third kappa shape index (κ3) is 4.83. The minimum atomic E-state index is -4.79. The normalized spacial score (nSPS) is 14.0. The molecule has 0 bridgehead atoms. The molecule has 10 nitrogen and oxygen atoms in total. The van der Waals surface area contributed by atoms with Gasteiger partial charge in [0.25, 0.3) is 5.56 Å². The molecule has 27 heavy (non-hydrogen) atoms. The topological polar surface area (TPSA) is 159 Å². The Balaban J connectivity index is 3.23. The van der Waals surface area contributed by atoms with Crippen molar-refractivity contribution in [2.45, 2.75) is 52.5 Å². The van der Waals surface area contributed by atoms with E-state index in [1.807, 2.05) is 4.98 Å². The van der Waals surface area contributed by atoms with Crippen LogP contribution in [0.2, 0.25) is 0 Å². The number of nitrogens with zero attached hydrogens (tertiary/aromatic N) is 1. The zero-order valence-corrected chi connectivity index (χ0v) is 16.9. The second-order valence-corrected chi connectivity index (χ2v) is 8.85. The smallest absolute Gasteiger partial charge is 0.357 e. The molecule has 0 aliphatic carbocycles. The zero-order valence-electron chi connectivity index (χ0n) is 16.0. The van der Waals surface area contributed by atoms with Gasteiger partial charge in [0.2, 0.25) is 5.91 Å². The van der Waals surface area contributed by atoms with E-state index in [4.69, 9.17) is 4.74 Å². The average Bonchev–Trinajstić information content (AvgIpc) is 2.52. The number of rotatable bonds is 8. The van der Waals surface area contributed by atoms with Crippen molar-refractivity contribution in [3.8, 4) is 0 Å². The Kier molecular flexibility index (Phi) is 7.49. The number of ether oxygens (including phenoxy) is 1. The maximum atomic E-state index is 12.4. The number of carbonyl (C=O) groups is 1.